The molecule has 0 bridgehead atoms. The van der Waals surface area contributed by atoms with E-state index < -0.39 is 0 Å². The molecule has 5 nitrogen and oxygen atoms in total. The van der Waals surface area contributed by atoms with Crippen molar-refractivity contribution in [2.24, 2.45) is 5.92 Å². The van der Waals surface area contributed by atoms with Crippen molar-refractivity contribution in [2.75, 3.05) is 13.7 Å². The van der Waals surface area contributed by atoms with Crippen LogP contribution in [0.2, 0.25) is 0 Å². The zero-order chi connectivity index (χ0) is 19.4. The van der Waals surface area contributed by atoms with E-state index in [1.165, 1.54) is 4.57 Å². The zero-order valence-corrected chi connectivity index (χ0v) is 15.9. The van der Waals surface area contributed by atoms with Crippen molar-refractivity contribution >= 4 is 16.7 Å². The molecule has 27 heavy (non-hydrogen) atoms. The van der Waals surface area contributed by atoms with E-state index >= 15 is 0 Å². The third kappa shape index (κ3) is 4.03. The van der Waals surface area contributed by atoms with Crippen molar-refractivity contribution in [1.82, 2.24) is 9.88 Å². The molecule has 0 saturated heterocycles. The first-order valence-electron chi connectivity index (χ1n) is 9.08. The number of hydrogen-bond acceptors (Lipinski definition) is 3. The Morgan fingerprint density at radius 3 is 2.37 bits per heavy atom. The molecule has 0 spiro atoms. The van der Waals surface area contributed by atoms with Crippen LogP contribution in [-0.4, -0.2) is 24.1 Å². The van der Waals surface area contributed by atoms with Crippen LogP contribution in [0.4, 0.5) is 0 Å². The second-order valence-corrected chi connectivity index (χ2v) is 6.90. The summed E-state index contributed by atoms with van der Waals surface area (Å²) in [6.45, 7) is 4.84. The number of carbonyl (C=O) groups excluding carboxylic acids is 1. The number of aromatic nitrogens is 1. The molecule has 0 unspecified atom stereocenters. The van der Waals surface area contributed by atoms with Crippen LogP contribution in [0.25, 0.3) is 16.5 Å². The summed E-state index contributed by atoms with van der Waals surface area (Å²) in [5.41, 5.74) is 1.02. The predicted molar refractivity (Wildman–Crippen MR) is 108 cm³/mol. The van der Waals surface area contributed by atoms with Gasteiger partial charge in [0.15, 0.2) is 0 Å². The predicted octanol–water partition coefficient (Wildman–Crippen LogP) is 3.78. The molecule has 3 aromatic rings. The van der Waals surface area contributed by atoms with Crippen LogP contribution >= 0.6 is 0 Å². The highest BCUT2D eigenvalue weighted by Crippen LogP contribution is 2.19. The first-order valence-corrected chi connectivity index (χ1v) is 9.08. The van der Waals surface area contributed by atoms with Gasteiger partial charge in [0.25, 0.3) is 11.5 Å². The molecule has 1 aromatic heterocycles. The summed E-state index contributed by atoms with van der Waals surface area (Å²) in [5, 5.41) is 4.14. The number of rotatable bonds is 6. The SMILES string of the molecule is COc1ccc(-n2cc(C(=O)NCCC(C)C)c3ccccc3c2=O)cc1. The lowest BCUT2D eigenvalue weighted by atomic mass is 10.1. The fourth-order valence-electron chi connectivity index (χ4n) is 2.98. The number of pyridine rings is 1. The summed E-state index contributed by atoms with van der Waals surface area (Å²) in [5.74, 6) is 1.05. The van der Waals surface area contributed by atoms with E-state index in [-0.39, 0.29) is 11.5 Å². The van der Waals surface area contributed by atoms with E-state index in [0.29, 0.717) is 40.2 Å². The minimum atomic E-state index is -0.172. The summed E-state index contributed by atoms with van der Waals surface area (Å²) in [4.78, 5) is 25.8. The highest BCUT2D eigenvalue weighted by atomic mass is 16.5. The molecule has 0 saturated carbocycles. The van der Waals surface area contributed by atoms with Gasteiger partial charge in [-0.25, -0.2) is 0 Å². The van der Waals surface area contributed by atoms with Gasteiger partial charge >= 0.3 is 0 Å². The van der Waals surface area contributed by atoms with Gasteiger partial charge in [-0.05, 0) is 42.7 Å². The van der Waals surface area contributed by atoms with Gasteiger partial charge in [-0.3, -0.25) is 14.2 Å². The molecule has 140 valence electrons. The van der Waals surface area contributed by atoms with Gasteiger partial charge in [-0.2, -0.15) is 0 Å². The smallest absolute Gasteiger partial charge is 0.262 e. The molecule has 0 radical (unpaired) electrons. The normalized spacial score (nSPS) is 11.0. The summed E-state index contributed by atoms with van der Waals surface area (Å²) < 4.78 is 6.69. The number of ether oxygens (including phenoxy) is 1. The Hall–Kier alpha value is -3.08. The molecule has 1 amide bonds. The number of carbonyl (C=O) groups is 1. The molecule has 1 N–H and O–H groups in total. The molecule has 3 rings (SSSR count). The molecule has 5 heteroatoms. The van der Waals surface area contributed by atoms with Crippen molar-refractivity contribution in [1.29, 1.82) is 0 Å². The number of hydrogen-bond donors (Lipinski definition) is 1. The van der Waals surface area contributed by atoms with Crippen LogP contribution in [0.3, 0.4) is 0 Å². The average Bonchev–Trinajstić information content (AvgIpc) is 2.68. The van der Waals surface area contributed by atoms with E-state index in [9.17, 15) is 9.59 Å². The van der Waals surface area contributed by atoms with E-state index in [4.69, 9.17) is 4.74 Å². The van der Waals surface area contributed by atoms with Crippen molar-refractivity contribution in [2.45, 2.75) is 20.3 Å². The number of nitrogens with one attached hydrogen (secondary N) is 1. The Morgan fingerprint density at radius 2 is 1.74 bits per heavy atom. The summed E-state index contributed by atoms with van der Waals surface area (Å²) in [7, 11) is 1.59. The average molecular weight is 364 g/mol. The van der Waals surface area contributed by atoms with Gasteiger partial charge in [-0.15, -0.1) is 0 Å². The second kappa shape index (κ2) is 8.08. The quantitative estimate of drug-likeness (QED) is 0.724. The van der Waals surface area contributed by atoms with Gasteiger partial charge in [-0.1, -0.05) is 32.0 Å². The fourth-order valence-corrected chi connectivity index (χ4v) is 2.98. The largest absolute Gasteiger partial charge is 0.497 e. The third-order valence-electron chi connectivity index (χ3n) is 4.53. The standard InChI is InChI=1S/C22H24N2O3/c1-15(2)12-13-23-21(25)20-14-24(16-8-10-17(27-3)11-9-16)22(26)19-7-5-4-6-18(19)20/h4-11,14-15H,12-13H2,1-3H3,(H,23,25). The lowest BCUT2D eigenvalue weighted by Crippen LogP contribution is -2.28. The van der Waals surface area contributed by atoms with E-state index in [2.05, 4.69) is 19.2 Å². The fraction of sp³-hybridized carbons (Fsp3) is 0.273. The van der Waals surface area contributed by atoms with Crippen molar-refractivity contribution in [3.05, 3.63) is 70.6 Å². The monoisotopic (exact) mass is 364 g/mol. The maximum absolute atomic E-state index is 13.0. The van der Waals surface area contributed by atoms with Gasteiger partial charge < -0.3 is 10.1 Å². The van der Waals surface area contributed by atoms with Crippen LogP contribution in [0, 0.1) is 5.92 Å². The topological polar surface area (TPSA) is 60.3 Å². The maximum Gasteiger partial charge on any atom is 0.262 e. The van der Waals surface area contributed by atoms with Crippen LogP contribution in [0.5, 0.6) is 5.75 Å². The van der Waals surface area contributed by atoms with E-state index in [1.54, 1.807) is 43.6 Å². The number of methoxy groups -OCH3 is 1. The molecule has 0 aliphatic carbocycles. The number of amides is 1. The number of nitrogens with zero attached hydrogens (tertiary/aromatic N) is 1. The molecular formula is C22H24N2O3. The molecule has 1 heterocycles. The first-order chi connectivity index (χ1) is 13.0. The summed E-state index contributed by atoms with van der Waals surface area (Å²) in [6, 6.07) is 14.4. The Kier molecular flexibility index (Phi) is 5.60. The van der Waals surface area contributed by atoms with Crippen LogP contribution < -0.4 is 15.6 Å². The minimum absolute atomic E-state index is 0.158. The first kappa shape index (κ1) is 18.7. The number of benzene rings is 2. The van der Waals surface area contributed by atoms with Gasteiger partial charge in [0.2, 0.25) is 0 Å². The van der Waals surface area contributed by atoms with Crippen LogP contribution in [-0.2, 0) is 0 Å². The maximum atomic E-state index is 13.0. The van der Waals surface area contributed by atoms with Crippen molar-refractivity contribution in [3.8, 4) is 11.4 Å². The van der Waals surface area contributed by atoms with Gasteiger partial charge in [0.1, 0.15) is 5.75 Å². The highest BCUT2D eigenvalue weighted by molar-refractivity contribution is 6.06. The summed E-state index contributed by atoms with van der Waals surface area (Å²) >= 11 is 0. The second-order valence-electron chi connectivity index (χ2n) is 6.90. The van der Waals surface area contributed by atoms with Gasteiger partial charge in [0.05, 0.1) is 12.7 Å². The van der Waals surface area contributed by atoms with E-state index in [1.807, 2.05) is 18.2 Å². The Balaban J connectivity index is 2.08. The van der Waals surface area contributed by atoms with Crippen molar-refractivity contribution < 1.29 is 9.53 Å². The molecule has 2 aromatic carbocycles. The molecule has 0 fully saturated rings. The van der Waals surface area contributed by atoms with Crippen molar-refractivity contribution in [3.63, 3.8) is 0 Å². The highest BCUT2D eigenvalue weighted by Gasteiger charge is 2.15. The Bertz CT molecular complexity index is 1000. The van der Waals surface area contributed by atoms with Gasteiger partial charge in [0, 0.05) is 29.2 Å². The minimum Gasteiger partial charge on any atom is -0.497 e. The number of fused-ring (bicyclic) bond motifs is 1. The lowest BCUT2D eigenvalue weighted by Gasteiger charge is -2.13. The Morgan fingerprint density at radius 1 is 1.07 bits per heavy atom. The third-order valence-corrected chi connectivity index (χ3v) is 4.53. The summed E-state index contributed by atoms with van der Waals surface area (Å²) in [6.07, 6.45) is 2.53. The molecular weight excluding hydrogens is 340 g/mol. The Labute approximate surface area is 158 Å². The van der Waals surface area contributed by atoms with Crippen LogP contribution in [0.15, 0.2) is 59.5 Å². The van der Waals surface area contributed by atoms with Crippen LogP contribution in [0.1, 0.15) is 30.6 Å². The molecule has 0 atom stereocenters. The molecule has 0 aliphatic rings. The van der Waals surface area contributed by atoms with E-state index in [0.717, 1.165) is 6.42 Å². The zero-order valence-electron chi connectivity index (χ0n) is 15.9. The lowest BCUT2D eigenvalue weighted by molar-refractivity contribution is 0.0953. The molecule has 0 aliphatic heterocycles.